The first-order valence-corrected chi connectivity index (χ1v) is 6.38. The molecule has 1 aromatic carbocycles. The number of halogens is 2. The normalized spacial score (nSPS) is 13.6. The Morgan fingerprint density at radius 1 is 1.44 bits per heavy atom. The molecule has 4 nitrogen and oxygen atoms in total. The van der Waals surface area contributed by atoms with E-state index >= 15 is 0 Å². The van der Waals surface area contributed by atoms with Crippen LogP contribution >= 0.6 is 23.2 Å². The molecule has 96 valence electrons. The van der Waals surface area contributed by atoms with Gasteiger partial charge in [0, 0.05) is 17.9 Å². The van der Waals surface area contributed by atoms with Crippen molar-refractivity contribution in [1.82, 2.24) is 0 Å². The summed E-state index contributed by atoms with van der Waals surface area (Å²) in [6.07, 6.45) is 0.944. The van der Waals surface area contributed by atoms with Crippen molar-refractivity contribution in [2.24, 2.45) is 0 Å². The monoisotopic (exact) mass is 287 g/mol. The fourth-order valence-electron chi connectivity index (χ4n) is 1.68. The fourth-order valence-corrected chi connectivity index (χ4v) is 2.08. The molecule has 18 heavy (non-hydrogen) atoms. The third kappa shape index (κ3) is 2.76. The molecule has 1 amide bonds. The van der Waals surface area contributed by atoms with Gasteiger partial charge in [0.25, 0.3) is 5.91 Å². The molecule has 0 aliphatic carbocycles. The summed E-state index contributed by atoms with van der Waals surface area (Å²) in [4.78, 5) is 23.0. The number of ether oxygens (including phenoxy) is 1. The molecule has 0 unspecified atom stereocenters. The van der Waals surface area contributed by atoms with Crippen molar-refractivity contribution in [3.8, 4) is 5.75 Å². The van der Waals surface area contributed by atoms with E-state index in [1.54, 1.807) is 6.07 Å². The van der Waals surface area contributed by atoms with Crippen LogP contribution in [0.1, 0.15) is 23.2 Å². The molecule has 0 spiro atoms. The molecule has 0 saturated carbocycles. The summed E-state index contributed by atoms with van der Waals surface area (Å²) in [5.74, 6) is 0.581. The van der Waals surface area contributed by atoms with Crippen LogP contribution in [0, 0.1) is 0 Å². The summed E-state index contributed by atoms with van der Waals surface area (Å²) >= 11 is 11.6. The van der Waals surface area contributed by atoms with Gasteiger partial charge in [-0.15, -0.1) is 11.6 Å². The van der Waals surface area contributed by atoms with E-state index in [0.717, 1.165) is 0 Å². The van der Waals surface area contributed by atoms with Crippen molar-refractivity contribution in [3.63, 3.8) is 0 Å². The molecule has 0 atom stereocenters. The fraction of sp³-hybridized carbons (Fsp3) is 0.333. The predicted molar refractivity (Wildman–Crippen MR) is 69.9 cm³/mol. The lowest BCUT2D eigenvalue weighted by atomic mass is 10.1. The largest absolute Gasteiger partial charge is 0.482 e. The van der Waals surface area contributed by atoms with E-state index in [-0.39, 0.29) is 18.3 Å². The maximum absolute atomic E-state index is 11.9. The van der Waals surface area contributed by atoms with Crippen LogP contribution in [-0.2, 0) is 4.79 Å². The highest BCUT2D eigenvalue weighted by molar-refractivity contribution is 6.34. The molecule has 1 aliphatic heterocycles. The highest BCUT2D eigenvalue weighted by atomic mass is 35.5. The Hall–Kier alpha value is -1.26. The van der Waals surface area contributed by atoms with Gasteiger partial charge in [0.1, 0.15) is 5.75 Å². The van der Waals surface area contributed by atoms with Crippen LogP contribution < -0.4 is 10.1 Å². The highest BCUT2D eigenvalue weighted by Gasteiger charge is 2.20. The summed E-state index contributed by atoms with van der Waals surface area (Å²) in [6.45, 7) is -0.0516. The van der Waals surface area contributed by atoms with Crippen molar-refractivity contribution in [3.05, 3.63) is 22.7 Å². The average Bonchev–Trinajstić information content (AvgIpc) is 2.35. The van der Waals surface area contributed by atoms with Crippen LogP contribution in [-0.4, -0.2) is 24.2 Å². The Morgan fingerprint density at radius 3 is 2.94 bits per heavy atom. The number of rotatable bonds is 4. The van der Waals surface area contributed by atoms with E-state index in [9.17, 15) is 9.59 Å². The second-order valence-corrected chi connectivity index (χ2v) is 4.67. The molecule has 0 saturated heterocycles. The number of fused-ring (bicyclic) bond motifs is 1. The number of carbonyl (C=O) groups excluding carboxylic acids is 2. The summed E-state index contributed by atoms with van der Waals surface area (Å²) in [5, 5.41) is 2.93. The molecular formula is C12H11Cl2NO3. The first-order chi connectivity index (χ1) is 8.61. The van der Waals surface area contributed by atoms with Gasteiger partial charge in [-0.3, -0.25) is 9.59 Å². The van der Waals surface area contributed by atoms with E-state index in [0.29, 0.717) is 40.7 Å². The third-order valence-electron chi connectivity index (χ3n) is 2.54. The zero-order valence-electron chi connectivity index (χ0n) is 9.46. The van der Waals surface area contributed by atoms with Crippen LogP contribution in [0.4, 0.5) is 5.69 Å². The van der Waals surface area contributed by atoms with E-state index in [1.807, 2.05) is 0 Å². The number of benzene rings is 1. The van der Waals surface area contributed by atoms with Gasteiger partial charge in [-0.25, -0.2) is 0 Å². The minimum absolute atomic E-state index is 0.0516. The van der Waals surface area contributed by atoms with Crippen molar-refractivity contribution in [1.29, 1.82) is 0 Å². The minimum Gasteiger partial charge on any atom is -0.482 e. The molecule has 1 heterocycles. The van der Waals surface area contributed by atoms with Crippen LogP contribution in [0.15, 0.2) is 12.1 Å². The molecule has 2 rings (SSSR count). The van der Waals surface area contributed by atoms with Gasteiger partial charge in [-0.1, -0.05) is 11.6 Å². The molecule has 0 fully saturated rings. The number of hydrogen-bond acceptors (Lipinski definition) is 3. The number of anilines is 1. The number of Topliss-reactive ketones (excluding diaryl/α,β-unsaturated/α-hetero) is 1. The molecule has 6 heteroatoms. The van der Waals surface area contributed by atoms with E-state index in [1.165, 1.54) is 6.07 Å². The summed E-state index contributed by atoms with van der Waals surface area (Å²) < 4.78 is 5.24. The third-order valence-corrected chi connectivity index (χ3v) is 3.12. The Balaban J connectivity index is 2.27. The number of amides is 1. The Morgan fingerprint density at radius 2 is 2.22 bits per heavy atom. The van der Waals surface area contributed by atoms with Crippen molar-refractivity contribution in [2.45, 2.75) is 12.8 Å². The zero-order chi connectivity index (χ0) is 13.1. The van der Waals surface area contributed by atoms with Crippen molar-refractivity contribution < 1.29 is 14.3 Å². The van der Waals surface area contributed by atoms with E-state index < -0.39 is 0 Å². The number of ketones is 1. The van der Waals surface area contributed by atoms with Crippen molar-refractivity contribution >= 4 is 40.6 Å². The number of hydrogen-bond donors (Lipinski definition) is 1. The van der Waals surface area contributed by atoms with Crippen molar-refractivity contribution in [2.75, 3.05) is 17.8 Å². The predicted octanol–water partition coefficient (Wildman–Crippen LogP) is 2.87. The lowest BCUT2D eigenvalue weighted by molar-refractivity contribution is -0.118. The maximum Gasteiger partial charge on any atom is 0.262 e. The first-order valence-electron chi connectivity index (χ1n) is 5.47. The number of nitrogens with one attached hydrogen (secondary N) is 1. The van der Waals surface area contributed by atoms with Gasteiger partial charge in [-0.2, -0.15) is 0 Å². The molecule has 0 radical (unpaired) electrons. The molecule has 1 aliphatic rings. The lowest BCUT2D eigenvalue weighted by Crippen LogP contribution is -2.25. The lowest BCUT2D eigenvalue weighted by Gasteiger charge is -2.19. The quantitative estimate of drug-likeness (QED) is 0.684. The van der Waals surface area contributed by atoms with E-state index in [2.05, 4.69) is 5.32 Å². The highest BCUT2D eigenvalue weighted by Crippen LogP contribution is 2.34. The van der Waals surface area contributed by atoms with Crippen LogP contribution in [0.5, 0.6) is 5.75 Å². The van der Waals surface area contributed by atoms with Gasteiger partial charge in [0.2, 0.25) is 0 Å². The molecule has 1 N–H and O–H groups in total. The Labute approximate surface area is 114 Å². The van der Waals surface area contributed by atoms with Gasteiger partial charge >= 0.3 is 0 Å². The minimum atomic E-state index is -0.236. The Kier molecular flexibility index (Phi) is 4.09. The first kappa shape index (κ1) is 13.2. The van der Waals surface area contributed by atoms with Gasteiger partial charge < -0.3 is 10.1 Å². The van der Waals surface area contributed by atoms with Crippen LogP contribution in [0.3, 0.4) is 0 Å². The second kappa shape index (κ2) is 5.59. The summed E-state index contributed by atoms with van der Waals surface area (Å²) in [6, 6.07) is 3.09. The zero-order valence-corrected chi connectivity index (χ0v) is 11.0. The molecule has 0 aromatic heterocycles. The maximum atomic E-state index is 11.9. The SMILES string of the molecule is O=C1COc2cc(C(=O)CCCCl)c(Cl)cc2N1. The summed E-state index contributed by atoms with van der Waals surface area (Å²) in [7, 11) is 0. The Bertz CT molecular complexity index is 502. The standard InChI is InChI=1S/C12H11Cl2NO3/c13-3-1-2-10(16)7-4-11-9(5-8(7)14)15-12(17)6-18-11/h4-5H,1-3,6H2,(H,15,17). The summed E-state index contributed by atoms with van der Waals surface area (Å²) in [5.41, 5.74) is 0.891. The second-order valence-electron chi connectivity index (χ2n) is 3.88. The number of carbonyl (C=O) groups is 2. The van der Waals surface area contributed by atoms with Gasteiger partial charge in [-0.05, 0) is 18.6 Å². The molecular weight excluding hydrogens is 277 g/mol. The average molecular weight is 288 g/mol. The smallest absolute Gasteiger partial charge is 0.262 e. The van der Waals surface area contributed by atoms with Gasteiger partial charge in [0.05, 0.1) is 10.7 Å². The topological polar surface area (TPSA) is 55.4 Å². The molecule has 1 aromatic rings. The van der Waals surface area contributed by atoms with Crippen LogP contribution in [0.25, 0.3) is 0 Å². The van der Waals surface area contributed by atoms with Gasteiger partial charge in [0.15, 0.2) is 12.4 Å². The molecule has 0 bridgehead atoms. The van der Waals surface area contributed by atoms with Crippen LogP contribution in [0.2, 0.25) is 5.02 Å². The van der Waals surface area contributed by atoms with E-state index in [4.69, 9.17) is 27.9 Å². The number of alkyl halides is 1.